The Kier molecular flexibility index (Phi) is 4.12. The molecule has 0 aliphatic carbocycles. The second-order valence-electron chi connectivity index (χ2n) is 3.12. The third kappa shape index (κ3) is 3.42. The van der Waals surface area contributed by atoms with Crippen molar-refractivity contribution in [2.45, 2.75) is 12.8 Å². The predicted octanol–water partition coefficient (Wildman–Crippen LogP) is 2.00. The van der Waals surface area contributed by atoms with Gasteiger partial charge in [0.05, 0.1) is 12.7 Å². The van der Waals surface area contributed by atoms with Gasteiger partial charge >= 0.3 is 12.3 Å². The molecule has 0 atom stereocenters. The average molecular weight is 287 g/mol. The molecule has 0 aliphatic heterocycles. The van der Waals surface area contributed by atoms with E-state index < -0.39 is 41.2 Å². The molecular formula is C9H6F5NO4. The van der Waals surface area contributed by atoms with E-state index in [2.05, 4.69) is 9.47 Å². The van der Waals surface area contributed by atoms with Crippen LogP contribution in [-0.2, 0) is 4.74 Å². The zero-order valence-corrected chi connectivity index (χ0v) is 9.18. The van der Waals surface area contributed by atoms with Crippen molar-refractivity contribution in [1.29, 1.82) is 0 Å². The first kappa shape index (κ1) is 14.9. The highest BCUT2D eigenvalue weighted by molar-refractivity contribution is 5.91. The van der Waals surface area contributed by atoms with E-state index in [4.69, 9.17) is 0 Å². The molecular weight excluding hydrogens is 281 g/mol. The van der Waals surface area contributed by atoms with Crippen LogP contribution in [0.15, 0.2) is 11.0 Å². The number of carbonyl (C=O) groups is 1. The number of aromatic nitrogens is 1. The van der Waals surface area contributed by atoms with Crippen molar-refractivity contribution < 1.29 is 36.2 Å². The minimum absolute atomic E-state index is 0.334. The van der Waals surface area contributed by atoms with Crippen molar-refractivity contribution in [3.63, 3.8) is 0 Å². The minimum Gasteiger partial charge on any atom is -0.465 e. The number of pyridine rings is 1. The standard InChI is InChI=1S/C9H6F5NO4/c1-18-8(17)4-5(16)3(6(10)11)2-15-7(4)19-9(12,13)14/h2,6H,1H3,(H,15,16). The smallest absolute Gasteiger partial charge is 0.465 e. The summed E-state index contributed by atoms with van der Waals surface area (Å²) in [6.45, 7) is 0. The molecule has 1 aromatic heterocycles. The molecule has 0 amide bonds. The molecule has 10 heteroatoms. The van der Waals surface area contributed by atoms with Crippen LogP contribution in [0.3, 0.4) is 0 Å². The summed E-state index contributed by atoms with van der Waals surface area (Å²) in [6, 6.07) is 0. The number of rotatable bonds is 3. The van der Waals surface area contributed by atoms with E-state index in [1.54, 1.807) is 4.98 Å². The van der Waals surface area contributed by atoms with Gasteiger partial charge in [-0.2, -0.15) is 0 Å². The lowest BCUT2D eigenvalue weighted by molar-refractivity contribution is -0.276. The zero-order valence-electron chi connectivity index (χ0n) is 9.18. The Balaban J connectivity index is 3.45. The van der Waals surface area contributed by atoms with Crippen molar-refractivity contribution in [3.8, 4) is 5.88 Å². The van der Waals surface area contributed by atoms with E-state index in [-0.39, 0.29) is 0 Å². The summed E-state index contributed by atoms with van der Waals surface area (Å²) in [7, 11) is 0.772. The second-order valence-corrected chi connectivity index (χ2v) is 3.12. The number of ether oxygens (including phenoxy) is 2. The normalized spacial score (nSPS) is 11.5. The zero-order chi connectivity index (χ0) is 14.8. The fraction of sp³-hybridized carbons (Fsp3) is 0.333. The van der Waals surface area contributed by atoms with Gasteiger partial charge in [-0.15, -0.1) is 13.2 Å². The Hall–Kier alpha value is -2.13. The van der Waals surface area contributed by atoms with Crippen LogP contribution in [0.4, 0.5) is 22.0 Å². The molecule has 0 spiro atoms. The Morgan fingerprint density at radius 3 is 2.37 bits per heavy atom. The molecule has 106 valence electrons. The molecule has 0 radical (unpaired) electrons. The van der Waals surface area contributed by atoms with Gasteiger partial charge < -0.3 is 14.5 Å². The van der Waals surface area contributed by atoms with Crippen LogP contribution in [-0.4, -0.2) is 24.4 Å². The topological polar surface area (TPSA) is 68.4 Å². The number of halogens is 5. The molecule has 0 saturated carbocycles. The first-order chi connectivity index (χ1) is 8.67. The number of carbonyl (C=O) groups excluding carboxylic acids is 1. The Morgan fingerprint density at radius 1 is 1.37 bits per heavy atom. The summed E-state index contributed by atoms with van der Waals surface area (Å²) in [5.41, 5.74) is -4.05. The molecule has 0 unspecified atom stereocenters. The van der Waals surface area contributed by atoms with Crippen LogP contribution in [0.2, 0.25) is 0 Å². The van der Waals surface area contributed by atoms with E-state index in [1.165, 1.54) is 0 Å². The summed E-state index contributed by atoms with van der Waals surface area (Å²) >= 11 is 0. The number of aromatic amines is 1. The van der Waals surface area contributed by atoms with Crippen LogP contribution in [0.1, 0.15) is 22.3 Å². The van der Waals surface area contributed by atoms with Crippen LogP contribution in [0, 0.1) is 0 Å². The van der Waals surface area contributed by atoms with Crippen molar-refractivity contribution in [2.24, 2.45) is 0 Å². The highest BCUT2D eigenvalue weighted by Crippen LogP contribution is 2.25. The van der Waals surface area contributed by atoms with E-state index in [0.29, 0.717) is 6.20 Å². The molecule has 19 heavy (non-hydrogen) atoms. The Morgan fingerprint density at radius 2 is 1.95 bits per heavy atom. The molecule has 5 nitrogen and oxygen atoms in total. The molecule has 0 saturated heterocycles. The van der Waals surface area contributed by atoms with Gasteiger partial charge in [0.15, 0.2) is 5.56 Å². The largest absolute Gasteiger partial charge is 0.574 e. The van der Waals surface area contributed by atoms with E-state index >= 15 is 0 Å². The fourth-order valence-corrected chi connectivity index (χ4v) is 1.17. The first-order valence-electron chi connectivity index (χ1n) is 4.55. The van der Waals surface area contributed by atoms with Gasteiger partial charge in [-0.3, -0.25) is 4.79 Å². The molecule has 0 bridgehead atoms. The lowest BCUT2D eigenvalue weighted by Gasteiger charge is -2.12. The SMILES string of the molecule is COC(=O)c1c(OC(F)(F)F)[nH]cc(C(F)F)c1=O. The lowest BCUT2D eigenvalue weighted by atomic mass is 10.2. The molecule has 1 aromatic rings. The van der Waals surface area contributed by atoms with Crippen molar-refractivity contribution >= 4 is 5.97 Å². The van der Waals surface area contributed by atoms with Gasteiger partial charge in [0.2, 0.25) is 11.3 Å². The number of H-pyrrole nitrogens is 1. The van der Waals surface area contributed by atoms with Crippen LogP contribution < -0.4 is 10.2 Å². The van der Waals surface area contributed by atoms with Gasteiger partial charge in [0.25, 0.3) is 6.43 Å². The average Bonchev–Trinajstić information content (AvgIpc) is 2.25. The number of hydrogen-bond acceptors (Lipinski definition) is 4. The van der Waals surface area contributed by atoms with Gasteiger partial charge in [0, 0.05) is 6.20 Å². The molecule has 1 heterocycles. The number of nitrogens with one attached hydrogen (secondary N) is 1. The molecule has 0 fully saturated rings. The van der Waals surface area contributed by atoms with Gasteiger partial charge in [-0.05, 0) is 0 Å². The fourth-order valence-electron chi connectivity index (χ4n) is 1.17. The van der Waals surface area contributed by atoms with Gasteiger partial charge in [-0.25, -0.2) is 13.6 Å². The van der Waals surface area contributed by atoms with E-state index in [0.717, 1.165) is 7.11 Å². The Labute approximate surface area is 101 Å². The van der Waals surface area contributed by atoms with Crippen LogP contribution in [0.25, 0.3) is 0 Å². The first-order valence-corrected chi connectivity index (χ1v) is 4.55. The third-order valence-electron chi connectivity index (χ3n) is 1.92. The van der Waals surface area contributed by atoms with Crippen LogP contribution in [0.5, 0.6) is 5.88 Å². The maximum Gasteiger partial charge on any atom is 0.574 e. The van der Waals surface area contributed by atoms with Gasteiger partial charge in [0.1, 0.15) is 0 Å². The monoisotopic (exact) mass is 287 g/mol. The highest BCUT2D eigenvalue weighted by Gasteiger charge is 2.35. The number of methoxy groups -OCH3 is 1. The van der Waals surface area contributed by atoms with Crippen LogP contribution >= 0.6 is 0 Å². The molecule has 0 aliphatic rings. The lowest BCUT2D eigenvalue weighted by Crippen LogP contribution is -2.26. The summed E-state index contributed by atoms with van der Waals surface area (Å²) in [6.07, 6.45) is -8.15. The minimum atomic E-state index is -5.21. The van der Waals surface area contributed by atoms with Crippen molar-refractivity contribution in [2.75, 3.05) is 7.11 Å². The summed E-state index contributed by atoms with van der Waals surface area (Å²) < 4.78 is 68.4. The predicted molar refractivity (Wildman–Crippen MR) is 50.0 cm³/mol. The van der Waals surface area contributed by atoms with Gasteiger partial charge in [-0.1, -0.05) is 0 Å². The number of esters is 1. The van der Waals surface area contributed by atoms with E-state index in [1.807, 2.05) is 0 Å². The summed E-state index contributed by atoms with van der Waals surface area (Å²) in [5, 5.41) is 0. The van der Waals surface area contributed by atoms with Crippen molar-refractivity contribution in [3.05, 3.63) is 27.5 Å². The maximum absolute atomic E-state index is 12.4. The highest BCUT2D eigenvalue weighted by atomic mass is 19.4. The second kappa shape index (κ2) is 5.24. The summed E-state index contributed by atoms with van der Waals surface area (Å²) in [4.78, 5) is 24.3. The third-order valence-corrected chi connectivity index (χ3v) is 1.92. The number of alkyl halides is 5. The maximum atomic E-state index is 12.4. The van der Waals surface area contributed by atoms with Crippen molar-refractivity contribution in [1.82, 2.24) is 4.98 Å². The summed E-state index contributed by atoms with van der Waals surface area (Å²) in [5.74, 6) is -2.84. The molecule has 1 rings (SSSR count). The quantitative estimate of drug-likeness (QED) is 0.682. The molecule has 1 N–H and O–H groups in total. The molecule has 0 aromatic carbocycles. The Bertz CT molecular complexity index is 536. The van der Waals surface area contributed by atoms with E-state index in [9.17, 15) is 31.5 Å². The number of hydrogen-bond donors (Lipinski definition) is 1.